The van der Waals surface area contributed by atoms with E-state index < -0.39 is 0 Å². The molecule has 0 N–H and O–H groups in total. The first kappa shape index (κ1) is 15.6. The largest absolute Gasteiger partial charge is 0.378 e. The molecule has 112 valence electrons. The van der Waals surface area contributed by atoms with E-state index in [2.05, 4.69) is 45.0 Å². The Bertz CT molecular complexity index is 391. The molecule has 1 aliphatic carbocycles. The van der Waals surface area contributed by atoms with E-state index in [1.165, 1.54) is 49.7 Å². The fourth-order valence-electron chi connectivity index (χ4n) is 3.36. The van der Waals surface area contributed by atoms with Crippen molar-refractivity contribution in [2.24, 2.45) is 5.92 Å². The molecule has 0 heterocycles. The Balaban J connectivity index is 1.75. The fourth-order valence-corrected chi connectivity index (χ4v) is 3.36. The molecule has 1 saturated carbocycles. The van der Waals surface area contributed by atoms with Crippen LogP contribution in [-0.4, -0.2) is 12.7 Å². The van der Waals surface area contributed by atoms with Gasteiger partial charge in [-0.15, -0.1) is 0 Å². The zero-order chi connectivity index (χ0) is 14.4. The van der Waals surface area contributed by atoms with Crippen molar-refractivity contribution in [3.63, 3.8) is 0 Å². The summed E-state index contributed by atoms with van der Waals surface area (Å²) in [7, 11) is 0. The monoisotopic (exact) mass is 274 g/mol. The van der Waals surface area contributed by atoms with Gasteiger partial charge in [-0.1, -0.05) is 50.1 Å². The van der Waals surface area contributed by atoms with E-state index in [9.17, 15) is 0 Å². The molecule has 0 radical (unpaired) electrons. The van der Waals surface area contributed by atoms with Crippen LogP contribution < -0.4 is 0 Å². The number of rotatable bonds is 6. The van der Waals surface area contributed by atoms with Crippen LogP contribution in [0.5, 0.6) is 0 Å². The molecule has 1 aliphatic rings. The number of hydrogen-bond donors (Lipinski definition) is 0. The van der Waals surface area contributed by atoms with Crippen LogP contribution in [0.3, 0.4) is 0 Å². The van der Waals surface area contributed by atoms with Crippen molar-refractivity contribution >= 4 is 0 Å². The summed E-state index contributed by atoms with van der Waals surface area (Å²) in [5.74, 6) is 1.47. The molecule has 20 heavy (non-hydrogen) atoms. The highest BCUT2D eigenvalue weighted by Crippen LogP contribution is 2.34. The van der Waals surface area contributed by atoms with Crippen LogP contribution in [0.4, 0.5) is 0 Å². The molecule has 0 aliphatic heterocycles. The summed E-state index contributed by atoms with van der Waals surface area (Å²) in [5, 5.41) is 0. The van der Waals surface area contributed by atoms with E-state index in [4.69, 9.17) is 4.74 Å². The second-order valence-corrected chi connectivity index (χ2v) is 6.61. The molecule has 1 nitrogen and oxygen atoms in total. The topological polar surface area (TPSA) is 9.23 Å². The molecule has 1 fully saturated rings. The lowest BCUT2D eigenvalue weighted by atomic mass is 9.82. The van der Waals surface area contributed by atoms with Crippen LogP contribution in [0.15, 0.2) is 24.3 Å². The van der Waals surface area contributed by atoms with E-state index in [-0.39, 0.29) is 0 Å². The van der Waals surface area contributed by atoms with Gasteiger partial charge in [0.05, 0.1) is 6.10 Å². The Labute approximate surface area is 124 Å². The van der Waals surface area contributed by atoms with Crippen LogP contribution in [0.2, 0.25) is 0 Å². The van der Waals surface area contributed by atoms with Gasteiger partial charge < -0.3 is 4.74 Å². The Morgan fingerprint density at radius 3 is 2.60 bits per heavy atom. The Kier molecular flexibility index (Phi) is 6.09. The standard InChI is InChI=1S/C19H30O/c1-4-6-16(3)14-20-19-11-9-17(10-12-19)18-8-5-7-15(2)13-18/h5,7-8,13,16-17,19H,4,6,9-12,14H2,1-3H3. The van der Waals surface area contributed by atoms with Gasteiger partial charge in [0.2, 0.25) is 0 Å². The zero-order valence-corrected chi connectivity index (χ0v) is 13.4. The molecule has 0 aromatic heterocycles. The normalized spacial score (nSPS) is 24.6. The second-order valence-electron chi connectivity index (χ2n) is 6.61. The molecule has 0 amide bonds. The fraction of sp³-hybridized carbons (Fsp3) is 0.684. The van der Waals surface area contributed by atoms with Gasteiger partial charge in [0.1, 0.15) is 0 Å². The third-order valence-electron chi connectivity index (χ3n) is 4.59. The average Bonchev–Trinajstić information content (AvgIpc) is 2.46. The summed E-state index contributed by atoms with van der Waals surface area (Å²) in [6.45, 7) is 7.70. The molecule has 0 saturated heterocycles. The van der Waals surface area contributed by atoms with Crippen molar-refractivity contribution in [3.05, 3.63) is 35.4 Å². The van der Waals surface area contributed by atoms with Crippen LogP contribution in [-0.2, 0) is 4.74 Å². The smallest absolute Gasteiger partial charge is 0.0575 e. The third kappa shape index (κ3) is 4.63. The number of ether oxygens (including phenoxy) is 1. The minimum absolute atomic E-state index is 0.510. The maximum atomic E-state index is 6.11. The van der Waals surface area contributed by atoms with Gasteiger partial charge >= 0.3 is 0 Å². The summed E-state index contributed by atoms with van der Waals surface area (Å²) in [6, 6.07) is 9.03. The van der Waals surface area contributed by atoms with E-state index in [1.54, 1.807) is 0 Å². The Hall–Kier alpha value is -0.820. The molecule has 1 aromatic rings. The van der Waals surface area contributed by atoms with E-state index >= 15 is 0 Å². The van der Waals surface area contributed by atoms with Crippen LogP contribution in [0, 0.1) is 12.8 Å². The highest BCUT2D eigenvalue weighted by Gasteiger charge is 2.23. The molecule has 2 rings (SSSR count). The first-order valence-corrected chi connectivity index (χ1v) is 8.37. The summed E-state index contributed by atoms with van der Waals surface area (Å²) >= 11 is 0. The maximum Gasteiger partial charge on any atom is 0.0575 e. The lowest BCUT2D eigenvalue weighted by Crippen LogP contribution is -2.23. The first-order chi connectivity index (χ1) is 9.69. The van der Waals surface area contributed by atoms with E-state index in [0.717, 1.165) is 18.4 Å². The quantitative estimate of drug-likeness (QED) is 0.668. The minimum atomic E-state index is 0.510. The predicted octanol–water partition coefficient (Wildman–Crippen LogP) is 5.47. The minimum Gasteiger partial charge on any atom is -0.378 e. The van der Waals surface area contributed by atoms with Crippen molar-refractivity contribution in [1.82, 2.24) is 0 Å². The molecule has 1 atom stereocenters. The molecular weight excluding hydrogens is 244 g/mol. The lowest BCUT2D eigenvalue weighted by molar-refractivity contribution is 0.00621. The van der Waals surface area contributed by atoms with Crippen molar-refractivity contribution in [2.75, 3.05) is 6.61 Å². The van der Waals surface area contributed by atoms with Gasteiger partial charge in [0.15, 0.2) is 0 Å². The van der Waals surface area contributed by atoms with Gasteiger partial charge in [-0.2, -0.15) is 0 Å². The van der Waals surface area contributed by atoms with Crippen LogP contribution in [0.1, 0.15) is 69.4 Å². The lowest BCUT2D eigenvalue weighted by Gasteiger charge is -2.29. The number of hydrogen-bond acceptors (Lipinski definition) is 1. The van der Waals surface area contributed by atoms with Crippen molar-refractivity contribution in [1.29, 1.82) is 0 Å². The number of benzene rings is 1. The maximum absolute atomic E-state index is 6.11. The summed E-state index contributed by atoms with van der Waals surface area (Å²) in [6.07, 6.45) is 8.11. The summed E-state index contributed by atoms with van der Waals surface area (Å²) in [4.78, 5) is 0. The molecule has 0 bridgehead atoms. The van der Waals surface area contributed by atoms with Gasteiger partial charge in [-0.3, -0.25) is 0 Å². The SMILES string of the molecule is CCCC(C)COC1CCC(c2cccc(C)c2)CC1. The summed E-state index contributed by atoms with van der Waals surface area (Å²) < 4.78 is 6.11. The molecule has 1 aromatic carbocycles. The van der Waals surface area contributed by atoms with Crippen molar-refractivity contribution in [3.8, 4) is 0 Å². The first-order valence-electron chi connectivity index (χ1n) is 8.37. The zero-order valence-electron chi connectivity index (χ0n) is 13.4. The second kappa shape index (κ2) is 7.83. The van der Waals surface area contributed by atoms with Crippen molar-refractivity contribution < 1.29 is 4.74 Å². The number of aryl methyl sites for hydroxylation is 1. The van der Waals surface area contributed by atoms with Gasteiger partial charge in [0, 0.05) is 6.61 Å². The third-order valence-corrected chi connectivity index (χ3v) is 4.59. The van der Waals surface area contributed by atoms with Crippen LogP contribution in [0.25, 0.3) is 0 Å². The molecular formula is C19H30O. The summed E-state index contributed by atoms with van der Waals surface area (Å²) in [5.41, 5.74) is 2.91. The van der Waals surface area contributed by atoms with Crippen LogP contribution >= 0.6 is 0 Å². The molecule has 1 heteroatoms. The van der Waals surface area contributed by atoms with Gasteiger partial charge in [0.25, 0.3) is 0 Å². The highest BCUT2D eigenvalue weighted by atomic mass is 16.5. The highest BCUT2D eigenvalue weighted by molar-refractivity contribution is 5.25. The van der Waals surface area contributed by atoms with E-state index in [0.29, 0.717) is 6.10 Å². The van der Waals surface area contributed by atoms with E-state index in [1.807, 2.05) is 0 Å². The Morgan fingerprint density at radius 2 is 1.95 bits per heavy atom. The molecule has 0 spiro atoms. The van der Waals surface area contributed by atoms with Gasteiger partial charge in [-0.25, -0.2) is 0 Å². The molecule has 1 unspecified atom stereocenters. The predicted molar refractivity (Wildman–Crippen MR) is 86.2 cm³/mol. The van der Waals surface area contributed by atoms with Gasteiger partial charge in [-0.05, 0) is 56.4 Å². The average molecular weight is 274 g/mol. The van der Waals surface area contributed by atoms with Crippen molar-refractivity contribution in [2.45, 2.75) is 71.3 Å². The Morgan fingerprint density at radius 1 is 1.20 bits per heavy atom.